The smallest absolute Gasteiger partial charge is 0.000177 e. The fourth-order valence-corrected chi connectivity index (χ4v) is 2.91. The standard InChI is InChI=1S/C20H27N/c1-14(2)18-7-5-17(6-8-18)12-20(13-21)19-10-15(3)9-16(4)11-19/h5-11,14,20H,12-13,21H2,1-4H3. The van der Waals surface area contributed by atoms with Crippen LogP contribution in [-0.4, -0.2) is 6.54 Å². The highest BCUT2D eigenvalue weighted by Gasteiger charge is 2.12. The Balaban J connectivity index is 2.18. The van der Waals surface area contributed by atoms with Crippen molar-refractivity contribution in [3.05, 3.63) is 70.3 Å². The summed E-state index contributed by atoms with van der Waals surface area (Å²) in [6.45, 7) is 9.46. The zero-order chi connectivity index (χ0) is 15.4. The highest BCUT2D eigenvalue weighted by atomic mass is 14.5. The van der Waals surface area contributed by atoms with Gasteiger partial charge in [-0.05, 0) is 49.4 Å². The van der Waals surface area contributed by atoms with E-state index in [4.69, 9.17) is 5.73 Å². The largest absolute Gasteiger partial charge is 0.330 e. The maximum Gasteiger partial charge on any atom is 0.000177 e. The summed E-state index contributed by atoms with van der Waals surface area (Å²) in [6, 6.07) is 15.7. The Morgan fingerprint density at radius 1 is 0.857 bits per heavy atom. The molecule has 2 aromatic carbocycles. The molecule has 0 aliphatic rings. The van der Waals surface area contributed by atoms with Crippen LogP contribution in [-0.2, 0) is 6.42 Å². The van der Waals surface area contributed by atoms with E-state index >= 15 is 0 Å². The summed E-state index contributed by atoms with van der Waals surface area (Å²) in [4.78, 5) is 0. The third-order valence-corrected chi connectivity index (χ3v) is 4.13. The molecule has 0 spiro atoms. The number of aryl methyl sites for hydroxylation is 2. The summed E-state index contributed by atoms with van der Waals surface area (Å²) in [7, 11) is 0. The van der Waals surface area contributed by atoms with Crippen molar-refractivity contribution >= 4 is 0 Å². The molecule has 1 heteroatoms. The second-order valence-corrected chi connectivity index (χ2v) is 6.45. The predicted molar refractivity (Wildman–Crippen MR) is 91.9 cm³/mol. The molecule has 21 heavy (non-hydrogen) atoms. The molecule has 2 rings (SSSR count). The Hall–Kier alpha value is -1.60. The van der Waals surface area contributed by atoms with Crippen LogP contribution in [0.25, 0.3) is 0 Å². The molecule has 0 amide bonds. The Kier molecular flexibility index (Phi) is 5.19. The molecular formula is C20H27N. The average Bonchev–Trinajstić information content (AvgIpc) is 2.44. The molecule has 1 atom stereocenters. The Bertz CT molecular complexity index is 561. The second-order valence-electron chi connectivity index (χ2n) is 6.45. The topological polar surface area (TPSA) is 26.0 Å². The van der Waals surface area contributed by atoms with Crippen molar-refractivity contribution in [2.75, 3.05) is 6.54 Å². The lowest BCUT2D eigenvalue weighted by atomic mass is 9.89. The first-order valence-corrected chi connectivity index (χ1v) is 7.86. The summed E-state index contributed by atoms with van der Waals surface area (Å²) >= 11 is 0. The van der Waals surface area contributed by atoms with E-state index in [-0.39, 0.29) is 0 Å². The fourth-order valence-electron chi connectivity index (χ4n) is 2.91. The molecule has 1 nitrogen and oxygen atoms in total. The molecule has 0 saturated carbocycles. The first kappa shape index (κ1) is 15.8. The van der Waals surface area contributed by atoms with Crippen LogP contribution in [0.3, 0.4) is 0 Å². The van der Waals surface area contributed by atoms with E-state index < -0.39 is 0 Å². The molecule has 2 N–H and O–H groups in total. The van der Waals surface area contributed by atoms with Gasteiger partial charge in [0.1, 0.15) is 0 Å². The number of hydrogen-bond donors (Lipinski definition) is 1. The van der Waals surface area contributed by atoms with E-state index in [0.717, 1.165) is 6.42 Å². The van der Waals surface area contributed by atoms with Crippen LogP contribution in [0.1, 0.15) is 53.5 Å². The van der Waals surface area contributed by atoms with Gasteiger partial charge in [-0.25, -0.2) is 0 Å². The SMILES string of the molecule is Cc1cc(C)cc(C(CN)Cc2ccc(C(C)C)cc2)c1. The zero-order valence-electron chi connectivity index (χ0n) is 13.7. The van der Waals surface area contributed by atoms with Crippen LogP contribution in [0.5, 0.6) is 0 Å². The van der Waals surface area contributed by atoms with Gasteiger partial charge in [-0.3, -0.25) is 0 Å². The zero-order valence-corrected chi connectivity index (χ0v) is 13.7. The maximum atomic E-state index is 6.03. The van der Waals surface area contributed by atoms with E-state index in [1.165, 1.54) is 27.8 Å². The van der Waals surface area contributed by atoms with E-state index in [1.807, 2.05) is 0 Å². The van der Waals surface area contributed by atoms with E-state index in [9.17, 15) is 0 Å². The maximum absolute atomic E-state index is 6.03. The van der Waals surface area contributed by atoms with Crippen molar-refractivity contribution in [3.63, 3.8) is 0 Å². The Labute approximate surface area is 129 Å². The first-order valence-electron chi connectivity index (χ1n) is 7.86. The van der Waals surface area contributed by atoms with Gasteiger partial charge in [0.25, 0.3) is 0 Å². The summed E-state index contributed by atoms with van der Waals surface area (Å²) in [5, 5.41) is 0. The van der Waals surface area contributed by atoms with Crippen LogP contribution in [0, 0.1) is 13.8 Å². The minimum atomic E-state index is 0.397. The molecule has 0 radical (unpaired) electrons. The van der Waals surface area contributed by atoms with Crippen LogP contribution in [0.15, 0.2) is 42.5 Å². The molecular weight excluding hydrogens is 254 g/mol. The Morgan fingerprint density at radius 2 is 1.43 bits per heavy atom. The second kappa shape index (κ2) is 6.91. The normalized spacial score (nSPS) is 12.7. The lowest BCUT2D eigenvalue weighted by molar-refractivity contribution is 0.692. The number of rotatable bonds is 5. The molecule has 2 aromatic rings. The number of nitrogens with two attached hydrogens (primary N) is 1. The van der Waals surface area contributed by atoms with Crippen molar-refractivity contribution in [1.29, 1.82) is 0 Å². The predicted octanol–water partition coefficient (Wildman–Crippen LogP) is 4.71. The Morgan fingerprint density at radius 3 is 1.90 bits per heavy atom. The van der Waals surface area contributed by atoms with Crippen molar-refractivity contribution in [1.82, 2.24) is 0 Å². The summed E-state index contributed by atoms with van der Waals surface area (Å²) in [5.41, 5.74) is 12.8. The number of benzene rings is 2. The molecule has 0 saturated heterocycles. The highest BCUT2D eigenvalue weighted by molar-refractivity contribution is 5.33. The molecule has 0 aromatic heterocycles. The fraction of sp³-hybridized carbons (Fsp3) is 0.400. The van der Waals surface area contributed by atoms with Gasteiger partial charge in [0, 0.05) is 5.92 Å². The van der Waals surface area contributed by atoms with E-state index in [0.29, 0.717) is 18.4 Å². The van der Waals surface area contributed by atoms with E-state index in [1.54, 1.807) is 0 Å². The van der Waals surface area contributed by atoms with Gasteiger partial charge in [0.15, 0.2) is 0 Å². The molecule has 0 heterocycles. The van der Waals surface area contributed by atoms with Crippen LogP contribution in [0.4, 0.5) is 0 Å². The average molecular weight is 281 g/mol. The lowest BCUT2D eigenvalue weighted by Crippen LogP contribution is -2.15. The minimum Gasteiger partial charge on any atom is -0.330 e. The van der Waals surface area contributed by atoms with Gasteiger partial charge in [0.2, 0.25) is 0 Å². The quantitative estimate of drug-likeness (QED) is 0.843. The first-order chi connectivity index (χ1) is 9.99. The van der Waals surface area contributed by atoms with Crippen molar-refractivity contribution < 1.29 is 0 Å². The van der Waals surface area contributed by atoms with Gasteiger partial charge in [-0.2, -0.15) is 0 Å². The summed E-state index contributed by atoms with van der Waals surface area (Å²) in [5.74, 6) is 0.984. The molecule has 1 unspecified atom stereocenters. The summed E-state index contributed by atoms with van der Waals surface area (Å²) < 4.78 is 0. The molecule has 0 aliphatic carbocycles. The van der Waals surface area contributed by atoms with Crippen molar-refractivity contribution in [2.24, 2.45) is 5.73 Å². The highest BCUT2D eigenvalue weighted by Crippen LogP contribution is 2.23. The van der Waals surface area contributed by atoms with Gasteiger partial charge in [0.05, 0.1) is 0 Å². The van der Waals surface area contributed by atoms with Gasteiger partial charge in [-0.15, -0.1) is 0 Å². The van der Waals surface area contributed by atoms with Crippen LogP contribution < -0.4 is 5.73 Å². The van der Waals surface area contributed by atoms with Crippen LogP contribution in [0.2, 0.25) is 0 Å². The number of hydrogen-bond acceptors (Lipinski definition) is 1. The molecule has 0 fully saturated rings. The third kappa shape index (κ3) is 4.18. The minimum absolute atomic E-state index is 0.397. The third-order valence-electron chi connectivity index (χ3n) is 4.13. The van der Waals surface area contributed by atoms with Gasteiger partial charge < -0.3 is 5.73 Å². The lowest BCUT2D eigenvalue weighted by Gasteiger charge is -2.17. The van der Waals surface area contributed by atoms with E-state index in [2.05, 4.69) is 70.2 Å². The van der Waals surface area contributed by atoms with Gasteiger partial charge in [-0.1, -0.05) is 67.4 Å². The molecule has 0 bridgehead atoms. The van der Waals surface area contributed by atoms with Crippen LogP contribution >= 0.6 is 0 Å². The van der Waals surface area contributed by atoms with Gasteiger partial charge >= 0.3 is 0 Å². The monoisotopic (exact) mass is 281 g/mol. The van der Waals surface area contributed by atoms with Crippen molar-refractivity contribution in [3.8, 4) is 0 Å². The summed E-state index contributed by atoms with van der Waals surface area (Å²) in [6.07, 6.45) is 1.01. The van der Waals surface area contributed by atoms with Crippen molar-refractivity contribution in [2.45, 2.75) is 46.0 Å². The molecule has 0 aliphatic heterocycles. The molecule has 112 valence electrons.